The molecule has 0 spiro atoms. The van der Waals surface area contributed by atoms with Crippen LogP contribution in [0.4, 0.5) is 0 Å². The maximum Gasteiger partial charge on any atom is 0.303 e. The van der Waals surface area contributed by atoms with Crippen LogP contribution in [0.1, 0.15) is 32.4 Å². The highest BCUT2D eigenvalue weighted by Crippen LogP contribution is 2.37. The number of carbonyl (C=O) groups excluding carboxylic acids is 3. The minimum absolute atomic E-state index is 0.390. The Hall–Kier alpha value is -2.54. The molecule has 10 nitrogen and oxygen atoms in total. The molecule has 0 radical (unpaired) electrons. The van der Waals surface area contributed by atoms with E-state index in [1.807, 2.05) is 60.7 Å². The number of hydrogen-bond donors (Lipinski definition) is 1. The topological polar surface area (TPSA) is 130 Å². The van der Waals surface area contributed by atoms with E-state index in [2.05, 4.69) is 0 Å². The van der Waals surface area contributed by atoms with Gasteiger partial charge in [-0.2, -0.15) is 0 Å². The lowest BCUT2D eigenvalue weighted by atomic mass is 9.97. The zero-order chi connectivity index (χ0) is 30.9. The smallest absolute Gasteiger partial charge is 0.303 e. The van der Waals surface area contributed by atoms with Crippen molar-refractivity contribution >= 4 is 70.4 Å². The maximum atomic E-state index is 12.3. The van der Waals surface area contributed by atoms with E-state index in [9.17, 15) is 14.4 Å². The Balaban J connectivity index is 2.05. The van der Waals surface area contributed by atoms with Crippen molar-refractivity contribution in [2.75, 3.05) is 12.4 Å². The van der Waals surface area contributed by atoms with E-state index < -0.39 is 71.0 Å². The van der Waals surface area contributed by atoms with Crippen molar-refractivity contribution in [3.05, 3.63) is 66.2 Å². The first-order chi connectivity index (χ1) is 19.8. The lowest BCUT2D eigenvalue weighted by Gasteiger charge is -2.45. The summed E-state index contributed by atoms with van der Waals surface area (Å²) in [5.74, 6) is -2.51. The molecule has 1 heterocycles. The fourth-order valence-corrected chi connectivity index (χ4v) is 5.15. The highest BCUT2D eigenvalue weighted by atomic mass is 35.6. The number of esters is 3. The number of halogens is 3. The molecule has 3 rings (SSSR count). The molecule has 2 aromatic rings. The van der Waals surface area contributed by atoms with Crippen LogP contribution in [0.2, 0.25) is 0 Å². The largest absolute Gasteiger partial charge is 0.463 e. The molecule has 6 atom stereocenters. The second-order valence-corrected chi connectivity index (χ2v) is 12.4. The van der Waals surface area contributed by atoms with E-state index in [4.69, 9.17) is 68.6 Å². The van der Waals surface area contributed by atoms with Crippen LogP contribution < -0.4 is 0 Å². The summed E-state index contributed by atoms with van der Waals surface area (Å²) < 4.78 is 32.2. The van der Waals surface area contributed by atoms with Crippen LogP contribution in [0.5, 0.6) is 0 Å². The van der Waals surface area contributed by atoms with Gasteiger partial charge in [-0.3, -0.25) is 19.8 Å². The molecule has 42 heavy (non-hydrogen) atoms. The molecule has 1 unspecified atom stereocenters. The van der Waals surface area contributed by atoms with Gasteiger partial charge in [-0.25, -0.2) is 0 Å². The van der Waals surface area contributed by atoms with Crippen molar-refractivity contribution in [1.29, 1.82) is 5.41 Å². The Morgan fingerprint density at radius 3 is 1.98 bits per heavy atom. The Bertz CT molecular complexity index is 1220. The standard InChI is InChI=1S/C28H30Cl3NO9S/c1-16(33)36-14-21-23(37-17(2)34)24(38-18(3)35)25(26(40-21)41-27(32)28(29,30)31)39-22(19-10-6-4-7-11-19)15-42-20-12-8-5-9-13-20/h4-13,21-26,32H,14-15H2,1-3H3/t21-,22-,23-,24+,25-,26?/m1/s1. The van der Waals surface area contributed by atoms with Gasteiger partial charge < -0.3 is 28.4 Å². The molecular weight excluding hydrogens is 633 g/mol. The molecule has 0 aromatic heterocycles. The molecule has 2 aromatic carbocycles. The molecule has 1 fully saturated rings. The average molecular weight is 663 g/mol. The molecule has 1 aliphatic rings. The molecule has 0 amide bonds. The average Bonchev–Trinajstić information content (AvgIpc) is 2.92. The van der Waals surface area contributed by atoms with Crippen molar-refractivity contribution < 1.29 is 42.8 Å². The summed E-state index contributed by atoms with van der Waals surface area (Å²) in [6, 6.07) is 18.8. The molecule has 1 saturated heterocycles. The van der Waals surface area contributed by atoms with Gasteiger partial charge >= 0.3 is 17.9 Å². The second kappa shape index (κ2) is 15.8. The zero-order valence-corrected chi connectivity index (χ0v) is 26.0. The third-order valence-corrected chi connectivity index (χ3v) is 7.36. The lowest BCUT2D eigenvalue weighted by molar-refractivity contribution is -0.303. The highest BCUT2D eigenvalue weighted by molar-refractivity contribution is 7.99. The molecule has 1 N–H and O–H groups in total. The van der Waals surface area contributed by atoms with E-state index in [1.54, 1.807) is 0 Å². The predicted molar refractivity (Wildman–Crippen MR) is 157 cm³/mol. The molecule has 14 heteroatoms. The second-order valence-electron chi connectivity index (χ2n) is 9.06. The quantitative estimate of drug-likeness (QED) is 0.0831. The molecular formula is C28H30Cl3NO9S. The van der Waals surface area contributed by atoms with Crippen molar-refractivity contribution in [1.82, 2.24) is 0 Å². The van der Waals surface area contributed by atoms with Crippen molar-refractivity contribution in [2.24, 2.45) is 0 Å². The minimum atomic E-state index is -2.27. The minimum Gasteiger partial charge on any atom is -0.463 e. The summed E-state index contributed by atoms with van der Waals surface area (Å²) >= 11 is 19.2. The van der Waals surface area contributed by atoms with Crippen molar-refractivity contribution in [2.45, 2.75) is 66.3 Å². The number of hydrogen-bond acceptors (Lipinski definition) is 11. The van der Waals surface area contributed by atoms with Crippen LogP contribution in [0, 0.1) is 5.41 Å². The van der Waals surface area contributed by atoms with E-state index in [-0.39, 0.29) is 0 Å². The summed E-state index contributed by atoms with van der Waals surface area (Å²) in [4.78, 5) is 37.0. The Morgan fingerprint density at radius 2 is 1.43 bits per heavy atom. The molecule has 1 aliphatic heterocycles. The van der Waals surface area contributed by atoms with Crippen LogP contribution in [0.15, 0.2) is 65.6 Å². The number of thioether (sulfide) groups is 1. The third kappa shape index (κ3) is 10.3. The van der Waals surface area contributed by atoms with Gasteiger partial charge in [0.15, 0.2) is 18.3 Å². The number of ether oxygens (including phenoxy) is 6. The Labute approximate surface area is 262 Å². The Morgan fingerprint density at radius 1 is 0.857 bits per heavy atom. The van der Waals surface area contributed by atoms with Crippen LogP contribution in [0.3, 0.4) is 0 Å². The fourth-order valence-electron chi connectivity index (χ4n) is 4.05. The summed E-state index contributed by atoms with van der Waals surface area (Å²) in [5.41, 5.74) is 0.767. The normalized spacial score (nSPS) is 22.9. The number of alkyl halides is 3. The predicted octanol–water partition coefficient (Wildman–Crippen LogP) is 5.42. The first kappa shape index (κ1) is 34.0. The third-order valence-electron chi connectivity index (χ3n) is 5.77. The van der Waals surface area contributed by atoms with E-state index in [0.29, 0.717) is 5.75 Å². The molecule has 0 aliphatic carbocycles. The first-order valence-electron chi connectivity index (χ1n) is 12.7. The van der Waals surface area contributed by atoms with Crippen LogP contribution >= 0.6 is 46.6 Å². The number of nitrogens with one attached hydrogen (secondary N) is 1. The van der Waals surface area contributed by atoms with Gasteiger partial charge in [-0.05, 0) is 17.7 Å². The van der Waals surface area contributed by atoms with Crippen molar-refractivity contribution in [3.63, 3.8) is 0 Å². The van der Waals surface area contributed by atoms with Crippen molar-refractivity contribution in [3.8, 4) is 0 Å². The monoisotopic (exact) mass is 661 g/mol. The number of benzene rings is 2. The van der Waals surface area contributed by atoms with E-state index in [0.717, 1.165) is 24.3 Å². The number of rotatable bonds is 11. The zero-order valence-electron chi connectivity index (χ0n) is 22.9. The van der Waals surface area contributed by atoms with E-state index >= 15 is 0 Å². The van der Waals surface area contributed by atoms with E-state index in [1.165, 1.54) is 18.7 Å². The van der Waals surface area contributed by atoms with Gasteiger partial charge in [-0.15, -0.1) is 11.8 Å². The van der Waals surface area contributed by atoms with Crippen LogP contribution in [-0.2, 0) is 42.8 Å². The van der Waals surface area contributed by atoms with Gasteiger partial charge in [0.1, 0.15) is 12.7 Å². The first-order valence-corrected chi connectivity index (χ1v) is 14.8. The van der Waals surface area contributed by atoms with Gasteiger partial charge in [0.2, 0.25) is 12.2 Å². The van der Waals surface area contributed by atoms with Gasteiger partial charge in [0, 0.05) is 31.4 Å². The Kier molecular flexibility index (Phi) is 12.8. The van der Waals surface area contributed by atoms with Gasteiger partial charge in [-0.1, -0.05) is 83.3 Å². The molecule has 0 saturated carbocycles. The molecule has 0 bridgehead atoms. The summed E-state index contributed by atoms with van der Waals surface area (Å²) in [6.07, 6.45) is -7.35. The van der Waals surface area contributed by atoms with Crippen LogP contribution in [0.25, 0.3) is 0 Å². The van der Waals surface area contributed by atoms with Gasteiger partial charge in [0.25, 0.3) is 3.79 Å². The summed E-state index contributed by atoms with van der Waals surface area (Å²) in [7, 11) is 0. The lowest BCUT2D eigenvalue weighted by Crippen LogP contribution is -2.63. The summed E-state index contributed by atoms with van der Waals surface area (Å²) in [5, 5.41) is 8.18. The van der Waals surface area contributed by atoms with Crippen LogP contribution in [-0.4, -0.2) is 70.7 Å². The fraction of sp³-hybridized carbons (Fsp3) is 0.429. The number of carbonyl (C=O) groups is 3. The maximum absolute atomic E-state index is 12.3. The highest BCUT2D eigenvalue weighted by Gasteiger charge is 2.54. The SMILES string of the molecule is CC(=O)OC[C@H]1OC(OC(=N)C(Cl)(Cl)Cl)[C@H](O[C@H](CSc2ccccc2)c2ccccc2)[C@@H](OC(C)=O)[C@@H]1OC(C)=O. The molecule has 228 valence electrons. The summed E-state index contributed by atoms with van der Waals surface area (Å²) in [6.45, 7) is 3.09. The van der Waals surface area contributed by atoms with Gasteiger partial charge in [0.05, 0.1) is 6.10 Å².